The predicted molar refractivity (Wildman–Crippen MR) is 139 cm³/mol. The van der Waals surface area contributed by atoms with Crippen LogP contribution >= 0.6 is 0 Å². The van der Waals surface area contributed by atoms with E-state index in [0.717, 1.165) is 80.7 Å². The number of likely N-dealkylation sites (N-methyl/N-ethyl adjacent to an activating group) is 1. The molecule has 0 amide bonds. The smallest absolute Gasteiger partial charge is 0.229 e. The topological polar surface area (TPSA) is 75.0 Å². The van der Waals surface area contributed by atoms with E-state index in [4.69, 9.17) is 5.10 Å². The number of hydrogen-bond donors (Lipinski definition) is 1. The molecule has 0 radical (unpaired) electrons. The molecule has 8 nitrogen and oxygen atoms in total. The molecule has 1 fully saturated rings. The Hall–Kier alpha value is -3.43. The van der Waals surface area contributed by atoms with Crippen LogP contribution < -0.4 is 5.32 Å². The van der Waals surface area contributed by atoms with Gasteiger partial charge in [0.25, 0.3) is 0 Å². The van der Waals surface area contributed by atoms with Crippen LogP contribution in [-0.4, -0.2) is 67.3 Å². The van der Waals surface area contributed by atoms with Crippen molar-refractivity contribution < 1.29 is 4.39 Å². The number of pyridine rings is 1. The van der Waals surface area contributed by atoms with Crippen LogP contribution in [0.15, 0.2) is 36.7 Å². The number of aryl methyl sites for hydroxylation is 3. The number of nitrogens with zero attached hydrogens (tertiary/aromatic N) is 7. The Labute approximate surface area is 210 Å². The van der Waals surface area contributed by atoms with Crippen LogP contribution in [0.2, 0.25) is 0 Å². The predicted octanol–water partition coefficient (Wildman–Crippen LogP) is 4.16. The lowest BCUT2D eigenvalue weighted by Crippen LogP contribution is -2.45. The van der Waals surface area contributed by atoms with Crippen LogP contribution in [0.5, 0.6) is 0 Å². The molecule has 0 bridgehead atoms. The summed E-state index contributed by atoms with van der Waals surface area (Å²) < 4.78 is 16.9. The van der Waals surface area contributed by atoms with Gasteiger partial charge in [-0.3, -0.25) is 9.58 Å². The van der Waals surface area contributed by atoms with Crippen LogP contribution in [0.25, 0.3) is 22.2 Å². The summed E-state index contributed by atoms with van der Waals surface area (Å²) in [5, 5.41) is 8.96. The van der Waals surface area contributed by atoms with Crippen molar-refractivity contribution in [3.63, 3.8) is 0 Å². The third-order valence-corrected chi connectivity index (χ3v) is 7.33. The van der Waals surface area contributed by atoms with Crippen molar-refractivity contribution in [3.05, 3.63) is 59.3 Å². The first-order chi connectivity index (χ1) is 17.6. The van der Waals surface area contributed by atoms with Gasteiger partial charge in [0.1, 0.15) is 11.5 Å². The molecule has 1 aromatic carbocycles. The second-order valence-electron chi connectivity index (χ2n) is 9.74. The third kappa shape index (κ3) is 4.44. The fourth-order valence-corrected chi connectivity index (χ4v) is 5.29. The van der Waals surface area contributed by atoms with Crippen molar-refractivity contribution in [2.45, 2.75) is 39.8 Å². The van der Waals surface area contributed by atoms with Crippen molar-refractivity contribution >= 4 is 22.7 Å². The zero-order valence-corrected chi connectivity index (χ0v) is 20.8. The number of piperazine rings is 1. The summed E-state index contributed by atoms with van der Waals surface area (Å²) in [5.41, 5.74) is 5.40. The first-order valence-corrected chi connectivity index (χ1v) is 12.8. The molecule has 4 aromatic rings. The van der Waals surface area contributed by atoms with E-state index >= 15 is 0 Å². The molecule has 5 heterocycles. The molecule has 0 unspecified atom stereocenters. The average Bonchev–Trinajstić information content (AvgIpc) is 3.49. The van der Waals surface area contributed by atoms with Gasteiger partial charge in [0, 0.05) is 62.1 Å². The summed E-state index contributed by atoms with van der Waals surface area (Å²) in [4.78, 5) is 18.2. The number of hydrogen-bond acceptors (Lipinski definition) is 7. The second kappa shape index (κ2) is 9.55. The van der Waals surface area contributed by atoms with Crippen LogP contribution in [0.1, 0.15) is 30.2 Å². The molecule has 0 atom stereocenters. The maximum Gasteiger partial charge on any atom is 0.229 e. The lowest BCUT2D eigenvalue weighted by molar-refractivity contribution is 0.132. The number of halogens is 1. The van der Waals surface area contributed by atoms with E-state index in [-0.39, 0.29) is 5.69 Å². The lowest BCUT2D eigenvalue weighted by atomic mass is 10.0. The molecular weight excluding hydrogens is 455 g/mol. The number of fused-ring (bicyclic) bond motifs is 3. The number of anilines is 2. The summed E-state index contributed by atoms with van der Waals surface area (Å²) in [7, 11) is 0. The van der Waals surface area contributed by atoms with E-state index in [2.05, 4.69) is 47.7 Å². The van der Waals surface area contributed by atoms with Gasteiger partial charge in [-0.25, -0.2) is 19.3 Å². The van der Waals surface area contributed by atoms with Crippen molar-refractivity contribution in [3.8, 4) is 11.3 Å². The maximum absolute atomic E-state index is 14.9. The zero-order valence-electron chi connectivity index (χ0n) is 20.8. The Balaban J connectivity index is 1.19. The first-order valence-electron chi connectivity index (χ1n) is 12.8. The Morgan fingerprint density at radius 3 is 2.61 bits per heavy atom. The van der Waals surface area contributed by atoms with Crippen LogP contribution in [0.4, 0.5) is 16.2 Å². The molecule has 3 aromatic heterocycles. The Kier molecular flexibility index (Phi) is 6.10. The van der Waals surface area contributed by atoms with Crippen LogP contribution in [0.3, 0.4) is 0 Å². The minimum absolute atomic E-state index is 0.276. The molecule has 186 valence electrons. The van der Waals surface area contributed by atoms with Crippen LogP contribution in [-0.2, 0) is 19.5 Å². The Morgan fingerprint density at radius 1 is 1.00 bits per heavy atom. The SMILES string of the molecule is CCN1CCN(Cc2ccc(Nc3ncc(F)c(-c4cc(C)c5nn6c(c5c4)CCC6)n3)nc2)CC1. The highest BCUT2D eigenvalue weighted by molar-refractivity contribution is 5.89. The van der Waals surface area contributed by atoms with E-state index < -0.39 is 5.82 Å². The summed E-state index contributed by atoms with van der Waals surface area (Å²) in [6.07, 6.45) is 5.20. The molecule has 9 heteroatoms. The Bertz CT molecular complexity index is 1390. The van der Waals surface area contributed by atoms with E-state index in [1.165, 1.54) is 17.5 Å². The van der Waals surface area contributed by atoms with Crippen LogP contribution in [0, 0.1) is 12.7 Å². The highest BCUT2D eigenvalue weighted by Crippen LogP contribution is 2.32. The molecule has 0 saturated carbocycles. The second-order valence-corrected chi connectivity index (χ2v) is 9.74. The van der Waals surface area contributed by atoms with Gasteiger partial charge < -0.3 is 10.2 Å². The molecule has 1 N–H and O–H groups in total. The standard InChI is InChI=1S/C27H31FN8/c1-3-34-9-11-35(12-10-34)17-19-6-7-24(29-15-19)31-27-30-16-22(28)26(32-27)20-13-18(2)25-21(14-20)23-5-4-8-36(23)33-25/h6-7,13-16H,3-5,8-12,17H2,1-2H3,(H,29,30,31,32). The molecule has 2 aliphatic heterocycles. The number of nitrogens with one attached hydrogen (secondary N) is 1. The van der Waals surface area contributed by atoms with E-state index in [9.17, 15) is 4.39 Å². The Morgan fingerprint density at radius 2 is 1.83 bits per heavy atom. The number of benzene rings is 1. The van der Waals surface area contributed by atoms with E-state index in [1.807, 2.05) is 31.3 Å². The van der Waals surface area contributed by atoms with Gasteiger partial charge >= 0.3 is 0 Å². The highest BCUT2D eigenvalue weighted by atomic mass is 19.1. The van der Waals surface area contributed by atoms with Gasteiger partial charge in [-0.1, -0.05) is 13.0 Å². The maximum atomic E-state index is 14.9. The molecule has 0 spiro atoms. The quantitative estimate of drug-likeness (QED) is 0.439. The van der Waals surface area contributed by atoms with Gasteiger partial charge in [-0.2, -0.15) is 5.10 Å². The summed E-state index contributed by atoms with van der Waals surface area (Å²) in [5.74, 6) is 0.503. The third-order valence-electron chi connectivity index (χ3n) is 7.33. The molecule has 36 heavy (non-hydrogen) atoms. The van der Waals surface area contributed by atoms with Gasteiger partial charge in [0.2, 0.25) is 5.95 Å². The molecular formula is C27H31FN8. The van der Waals surface area contributed by atoms with Gasteiger partial charge in [0.05, 0.1) is 11.7 Å². The van der Waals surface area contributed by atoms with Crippen molar-refractivity contribution in [2.75, 3.05) is 38.0 Å². The summed E-state index contributed by atoms with van der Waals surface area (Å²) in [6.45, 7) is 11.6. The number of aromatic nitrogens is 5. The van der Waals surface area contributed by atoms with Gasteiger partial charge in [-0.05, 0) is 55.6 Å². The fraction of sp³-hybridized carbons (Fsp3) is 0.407. The van der Waals surface area contributed by atoms with Crippen molar-refractivity contribution in [1.82, 2.24) is 34.5 Å². The first kappa shape index (κ1) is 23.0. The lowest BCUT2D eigenvalue weighted by Gasteiger charge is -2.33. The number of rotatable bonds is 6. The molecule has 1 saturated heterocycles. The minimum Gasteiger partial charge on any atom is -0.309 e. The van der Waals surface area contributed by atoms with E-state index in [0.29, 0.717) is 11.8 Å². The fourth-order valence-electron chi connectivity index (χ4n) is 5.29. The zero-order chi connectivity index (χ0) is 24.6. The summed E-state index contributed by atoms with van der Waals surface area (Å²) >= 11 is 0. The van der Waals surface area contributed by atoms with Crippen molar-refractivity contribution in [2.24, 2.45) is 0 Å². The monoisotopic (exact) mass is 486 g/mol. The largest absolute Gasteiger partial charge is 0.309 e. The van der Waals surface area contributed by atoms with E-state index in [1.54, 1.807) is 0 Å². The molecule has 0 aliphatic carbocycles. The average molecular weight is 487 g/mol. The highest BCUT2D eigenvalue weighted by Gasteiger charge is 2.20. The molecule has 6 rings (SSSR count). The summed E-state index contributed by atoms with van der Waals surface area (Å²) in [6, 6.07) is 7.96. The normalized spacial score (nSPS) is 16.5. The molecule has 2 aliphatic rings. The van der Waals surface area contributed by atoms with Gasteiger partial charge in [-0.15, -0.1) is 0 Å². The van der Waals surface area contributed by atoms with Crippen molar-refractivity contribution in [1.29, 1.82) is 0 Å². The minimum atomic E-state index is -0.449. The van der Waals surface area contributed by atoms with Gasteiger partial charge in [0.15, 0.2) is 5.82 Å².